The highest BCUT2D eigenvalue weighted by Gasteiger charge is 2.25. The van der Waals surface area contributed by atoms with Crippen LogP contribution in [0.25, 0.3) is 0 Å². The number of hydrogen-bond donors (Lipinski definition) is 1. The molecular weight excluding hydrogens is 242 g/mol. The fourth-order valence-corrected chi connectivity index (χ4v) is 3.57. The Hall–Kier alpha value is -0.510. The molecule has 1 aliphatic rings. The minimum absolute atomic E-state index is 0.693. The van der Waals surface area contributed by atoms with Gasteiger partial charge in [-0.1, -0.05) is 30.7 Å². The molecule has 0 saturated heterocycles. The van der Waals surface area contributed by atoms with Gasteiger partial charge >= 0.3 is 0 Å². The van der Waals surface area contributed by atoms with E-state index in [1.54, 1.807) is 7.11 Å². The predicted molar refractivity (Wildman–Crippen MR) is 78.9 cm³/mol. The van der Waals surface area contributed by atoms with Crippen LogP contribution in [0.5, 0.6) is 0 Å². The molecule has 2 rings (SSSR count). The Morgan fingerprint density at radius 3 is 2.61 bits per heavy atom. The van der Waals surface area contributed by atoms with Crippen molar-refractivity contribution in [3.8, 4) is 0 Å². The van der Waals surface area contributed by atoms with E-state index in [-0.39, 0.29) is 0 Å². The summed E-state index contributed by atoms with van der Waals surface area (Å²) in [6, 6.07) is 9.40. The van der Waals surface area contributed by atoms with Crippen molar-refractivity contribution in [2.75, 3.05) is 13.4 Å². The van der Waals surface area contributed by atoms with Crippen LogP contribution in [-0.2, 0) is 17.9 Å². The number of methoxy groups -OCH3 is 1. The highest BCUT2D eigenvalue weighted by atomic mass is 32.2. The van der Waals surface area contributed by atoms with Crippen LogP contribution in [0.15, 0.2) is 24.3 Å². The van der Waals surface area contributed by atoms with Crippen LogP contribution >= 0.6 is 11.8 Å². The Kier molecular flexibility index (Phi) is 5.54. The Labute approximate surface area is 114 Å². The zero-order chi connectivity index (χ0) is 12.8. The molecule has 2 nitrogen and oxygen atoms in total. The summed E-state index contributed by atoms with van der Waals surface area (Å²) in [6.07, 6.45) is 6.29. The first-order chi connectivity index (χ1) is 8.83. The van der Waals surface area contributed by atoms with Crippen LogP contribution in [0.3, 0.4) is 0 Å². The lowest BCUT2D eigenvalue weighted by Gasteiger charge is -2.19. The van der Waals surface area contributed by atoms with Crippen molar-refractivity contribution in [2.45, 2.75) is 43.7 Å². The molecule has 1 fully saturated rings. The minimum atomic E-state index is 0.693. The molecule has 1 aliphatic carbocycles. The van der Waals surface area contributed by atoms with Crippen LogP contribution in [-0.4, -0.2) is 24.7 Å². The van der Waals surface area contributed by atoms with Gasteiger partial charge in [-0.3, -0.25) is 0 Å². The smallest absolute Gasteiger partial charge is 0.0713 e. The first kappa shape index (κ1) is 13.9. The third kappa shape index (κ3) is 3.74. The molecule has 0 heterocycles. The number of nitrogens with one attached hydrogen (secondary N) is 1. The number of thioether (sulfide) groups is 1. The molecule has 0 bridgehead atoms. The monoisotopic (exact) mass is 265 g/mol. The van der Waals surface area contributed by atoms with Crippen molar-refractivity contribution < 1.29 is 4.74 Å². The molecule has 2 unspecified atom stereocenters. The quantitative estimate of drug-likeness (QED) is 0.853. The maximum Gasteiger partial charge on any atom is 0.0713 e. The van der Waals surface area contributed by atoms with Gasteiger partial charge in [0.05, 0.1) is 6.61 Å². The first-order valence-corrected chi connectivity index (χ1v) is 7.95. The Morgan fingerprint density at radius 1 is 1.22 bits per heavy atom. The van der Waals surface area contributed by atoms with Crippen molar-refractivity contribution in [1.29, 1.82) is 0 Å². The van der Waals surface area contributed by atoms with Crippen molar-refractivity contribution >= 4 is 11.8 Å². The number of hydrogen-bond acceptors (Lipinski definition) is 3. The maximum absolute atomic E-state index is 5.12. The fraction of sp³-hybridized carbons (Fsp3) is 0.600. The molecule has 0 amide bonds. The second-order valence-electron chi connectivity index (χ2n) is 4.94. The summed E-state index contributed by atoms with van der Waals surface area (Å²) < 4.78 is 5.12. The van der Waals surface area contributed by atoms with Gasteiger partial charge in [-0.2, -0.15) is 11.8 Å². The molecule has 3 heteroatoms. The number of ether oxygens (including phenoxy) is 1. The van der Waals surface area contributed by atoms with Crippen LogP contribution in [0.1, 0.15) is 30.4 Å². The summed E-state index contributed by atoms with van der Waals surface area (Å²) in [6.45, 7) is 1.68. The normalized spacial score (nSPS) is 23.4. The summed E-state index contributed by atoms with van der Waals surface area (Å²) >= 11 is 2.01. The van der Waals surface area contributed by atoms with E-state index >= 15 is 0 Å². The molecule has 1 aromatic carbocycles. The van der Waals surface area contributed by atoms with Crippen molar-refractivity contribution in [1.82, 2.24) is 5.32 Å². The zero-order valence-electron chi connectivity index (χ0n) is 11.3. The van der Waals surface area contributed by atoms with Crippen LogP contribution in [0.2, 0.25) is 0 Å². The Morgan fingerprint density at radius 2 is 1.94 bits per heavy atom. The van der Waals surface area contributed by atoms with Gasteiger partial charge < -0.3 is 10.1 Å². The van der Waals surface area contributed by atoms with E-state index in [1.165, 1.54) is 30.4 Å². The van der Waals surface area contributed by atoms with Crippen molar-refractivity contribution in [2.24, 2.45) is 0 Å². The second-order valence-corrected chi connectivity index (χ2v) is 6.02. The van der Waals surface area contributed by atoms with Crippen LogP contribution in [0, 0.1) is 0 Å². The molecule has 1 N–H and O–H groups in total. The summed E-state index contributed by atoms with van der Waals surface area (Å²) in [5.74, 6) is 0. The Bertz CT molecular complexity index is 352. The minimum Gasteiger partial charge on any atom is -0.380 e. The summed E-state index contributed by atoms with van der Waals surface area (Å²) in [4.78, 5) is 0. The van der Waals surface area contributed by atoms with Gasteiger partial charge in [0.2, 0.25) is 0 Å². The highest BCUT2D eigenvalue weighted by Crippen LogP contribution is 2.28. The zero-order valence-corrected chi connectivity index (χ0v) is 12.1. The maximum atomic E-state index is 5.12. The second kappa shape index (κ2) is 7.17. The molecule has 2 atom stereocenters. The van der Waals surface area contributed by atoms with E-state index in [1.807, 2.05) is 11.8 Å². The van der Waals surface area contributed by atoms with Gasteiger partial charge in [0.15, 0.2) is 0 Å². The van der Waals surface area contributed by atoms with Crippen molar-refractivity contribution in [3.63, 3.8) is 0 Å². The topological polar surface area (TPSA) is 21.3 Å². The van der Waals surface area contributed by atoms with Gasteiger partial charge in [0.1, 0.15) is 0 Å². The molecule has 0 spiro atoms. The molecule has 100 valence electrons. The lowest BCUT2D eigenvalue weighted by molar-refractivity contribution is 0.185. The average molecular weight is 265 g/mol. The molecule has 18 heavy (non-hydrogen) atoms. The van der Waals surface area contributed by atoms with E-state index in [0.29, 0.717) is 12.6 Å². The van der Waals surface area contributed by atoms with E-state index in [4.69, 9.17) is 4.74 Å². The van der Waals surface area contributed by atoms with Gasteiger partial charge in [-0.15, -0.1) is 0 Å². The van der Waals surface area contributed by atoms with Gasteiger partial charge in [-0.05, 0) is 30.2 Å². The van der Waals surface area contributed by atoms with E-state index in [2.05, 4.69) is 35.8 Å². The number of benzene rings is 1. The van der Waals surface area contributed by atoms with E-state index in [9.17, 15) is 0 Å². The molecular formula is C15H23NOS. The average Bonchev–Trinajstić information content (AvgIpc) is 2.86. The van der Waals surface area contributed by atoms with Gasteiger partial charge in [-0.25, -0.2) is 0 Å². The molecule has 0 aromatic heterocycles. The molecule has 0 radical (unpaired) electrons. The lowest BCUT2D eigenvalue weighted by Crippen LogP contribution is -2.33. The summed E-state index contributed by atoms with van der Waals surface area (Å²) in [5, 5.41) is 4.50. The largest absolute Gasteiger partial charge is 0.380 e. The summed E-state index contributed by atoms with van der Waals surface area (Å²) in [7, 11) is 1.73. The fourth-order valence-electron chi connectivity index (χ4n) is 2.61. The van der Waals surface area contributed by atoms with Gasteiger partial charge in [0.25, 0.3) is 0 Å². The van der Waals surface area contributed by atoms with Crippen LogP contribution in [0.4, 0.5) is 0 Å². The SMILES string of the molecule is COCc1ccc(CNC2CCCC2SC)cc1. The van der Waals surface area contributed by atoms with Crippen molar-refractivity contribution in [3.05, 3.63) is 35.4 Å². The lowest BCUT2D eigenvalue weighted by atomic mass is 10.1. The highest BCUT2D eigenvalue weighted by molar-refractivity contribution is 7.99. The molecule has 1 saturated carbocycles. The van der Waals surface area contributed by atoms with Gasteiger partial charge in [0, 0.05) is 24.9 Å². The van der Waals surface area contributed by atoms with Crippen LogP contribution < -0.4 is 5.32 Å². The third-order valence-corrected chi connectivity index (χ3v) is 4.83. The Balaban J connectivity index is 1.82. The standard InChI is InChI=1S/C15H23NOS/c1-17-11-13-8-6-12(7-9-13)10-16-14-4-3-5-15(14)18-2/h6-9,14-16H,3-5,10-11H2,1-2H3. The van der Waals surface area contributed by atoms with E-state index in [0.717, 1.165) is 11.8 Å². The van der Waals surface area contributed by atoms with E-state index < -0.39 is 0 Å². The summed E-state index contributed by atoms with van der Waals surface area (Å²) in [5.41, 5.74) is 2.60. The molecule has 0 aliphatic heterocycles. The third-order valence-electron chi connectivity index (χ3n) is 3.66. The molecule has 1 aromatic rings. The first-order valence-electron chi connectivity index (χ1n) is 6.66. The predicted octanol–water partition coefficient (Wildman–Crippen LogP) is 3.21. The number of rotatable bonds is 6.